The van der Waals surface area contributed by atoms with Crippen LogP contribution < -0.4 is 15.4 Å². The average molecular weight is 348 g/mol. The quantitative estimate of drug-likeness (QED) is 0.713. The van der Waals surface area contributed by atoms with Gasteiger partial charge in [0.15, 0.2) is 0 Å². The van der Waals surface area contributed by atoms with Crippen LogP contribution in [-0.2, 0) is 6.54 Å². The van der Waals surface area contributed by atoms with Gasteiger partial charge in [-0.3, -0.25) is 4.79 Å². The molecule has 132 valence electrons. The summed E-state index contributed by atoms with van der Waals surface area (Å²) in [5, 5.41) is 6.00. The summed E-state index contributed by atoms with van der Waals surface area (Å²) in [7, 11) is 1.62. The topological polar surface area (TPSA) is 76.1 Å². The minimum atomic E-state index is -0.254. The summed E-state index contributed by atoms with van der Waals surface area (Å²) in [5.41, 5.74) is 3.27. The Hall–Kier alpha value is -3.41. The van der Waals surface area contributed by atoms with Gasteiger partial charge in [0, 0.05) is 18.4 Å². The molecule has 0 spiro atoms. The summed E-state index contributed by atoms with van der Waals surface area (Å²) in [6.07, 6.45) is 1.57. The lowest BCUT2D eigenvalue weighted by Crippen LogP contribution is -2.24. The maximum atomic E-state index is 12.4. The van der Waals surface area contributed by atoms with Crippen molar-refractivity contribution in [2.24, 2.45) is 0 Å². The van der Waals surface area contributed by atoms with E-state index in [2.05, 4.69) is 20.6 Å². The van der Waals surface area contributed by atoms with E-state index in [0.717, 1.165) is 22.6 Å². The van der Waals surface area contributed by atoms with Crippen molar-refractivity contribution in [3.63, 3.8) is 0 Å². The highest BCUT2D eigenvalue weighted by Crippen LogP contribution is 2.17. The molecule has 0 saturated carbocycles. The van der Waals surface area contributed by atoms with Crippen LogP contribution in [0.1, 0.15) is 21.6 Å². The number of anilines is 2. The van der Waals surface area contributed by atoms with Gasteiger partial charge in [-0.2, -0.15) is 0 Å². The fourth-order valence-electron chi connectivity index (χ4n) is 2.40. The maximum Gasteiger partial charge on any atom is 0.270 e. The first-order valence-electron chi connectivity index (χ1n) is 8.22. The zero-order valence-electron chi connectivity index (χ0n) is 14.7. The van der Waals surface area contributed by atoms with Crippen LogP contribution in [0.3, 0.4) is 0 Å². The Labute approximate surface area is 152 Å². The number of carbonyl (C=O) groups is 1. The molecule has 0 atom stereocenters. The Bertz CT molecular complexity index is 894. The second-order valence-corrected chi connectivity index (χ2v) is 5.74. The molecule has 2 aromatic carbocycles. The lowest BCUT2D eigenvalue weighted by atomic mass is 10.2. The number of carbonyl (C=O) groups excluding carboxylic acids is 1. The lowest BCUT2D eigenvalue weighted by Gasteiger charge is -2.09. The Morgan fingerprint density at radius 2 is 1.85 bits per heavy atom. The van der Waals surface area contributed by atoms with Gasteiger partial charge in [-0.05, 0) is 42.3 Å². The van der Waals surface area contributed by atoms with Gasteiger partial charge in [0.05, 0.1) is 7.11 Å². The van der Waals surface area contributed by atoms with Crippen LogP contribution in [0.2, 0.25) is 0 Å². The molecule has 0 radical (unpaired) electrons. The maximum absolute atomic E-state index is 12.4. The molecule has 0 fully saturated rings. The number of hydrogen-bond donors (Lipinski definition) is 2. The van der Waals surface area contributed by atoms with Gasteiger partial charge >= 0.3 is 0 Å². The summed E-state index contributed by atoms with van der Waals surface area (Å²) in [6, 6.07) is 16.9. The minimum Gasteiger partial charge on any atom is -0.497 e. The van der Waals surface area contributed by atoms with E-state index >= 15 is 0 Å². The summed E-state index contributed by atoms with van der Waals surface area (Å²) in [5.74, 6) is 0.912. The first kappa shape index (κ1) is 17.4. The van der Waals surface area contributed by atoms with Crippen LogP contribution in [0, 0.1) is 6.92 Å². The predicted molar refractivity (Wildman–Crippen MR) is 101 cm³/mol. The molecule has 3 aromatic rings. The lowest BCUT2D eigenvalue weighted by molar-refractivity contribution is 0.0946. The van der Waals surface area contributed by atoms with E-state index in [9.17, 15) is 4.79 Å². The largest absolute Gasteiger partial charge is 0.497 e. The molecular formula is C20H20N4O2. The third-order valence-corrected chi connectivity index (χ3v) is 3.89. The number of nitrogens with zero attached hydrogens (tertiary/aromatic N) is 2. The predicted octanol–water partition coefficient (Wildman–Crippen LogP) is 3.47. The molecule has 0 unspecified atom stereocenters. The number of ether oxygens (including phenoxy) is 1. The molecule has 0 aliphatic heterocycles. The number of amides is 1. The molecule has 0 aliphatic rings. The number of benzene rings is 2. The molecule has 0 aliphatic carbocycles. The van der Waals surface area contributed by atoms with Crippen molar-refractivity contribution in [1.29, 1.82) is 0 Å². The van der Waals surface area contributed by atoms with Gasteiger partial charge in [0.25, 0.3) is 5.91 Å². The highest BCUT2D eigenvalue weighted by molar-refractivity contribution is 5.92. The zero-order valence-corrected chi connectivity index (χ0v) is 14.7. The van der Waals surface area contributed by atoms with Gasteiger partial charge in [0.2, 0.25) is 5.95 Å². The number of aryl methyl sites for hydroxylation is 1. The Morgan fingerprint density at radius 3 is 2.58 bits per heavy atom. The van der Waals surface area contributed by atoms with Gasteiger partial charge in [-0.25, -0.2) is 9.97 Å². The van der Waals surface area contributed by atoms with Crippen LogP contribution in [-0.4, -0.2) is 23.0 Å². The highest BCUT2D eigenvalue weighted by atomic mass is 16.5. The average Bonchev–Trinajstić information content (AvgIpc) is 2.68. The third kappa shape index (κ3) is 4.36. The van der Waals surface area contributed by atoms with Crippen LogP contribution in [0.25, 0.3) is 0 Å². The van der Waals surface area contributed by atoms with E-state index in [0.29, 0.717) is 18.2 Å². The number of rotatable bonds is 6. The summed E-state index contributed by atoms with van der Waals surface area (Å²) in [4.78, 5) is 20.8. The van der Waals surface area contributed by atoms with Crippen molar-refractivity contribution in [1.82, 2.24) is 15.3 Å². The van der Waals surface area contributed by atoms with E-state index in [1.165, 1.54) is 0 Å². The summed E-state index contributed by atoms with van der Waals surface area (Å²) >= 11 is 0. The molecule has 26 heavy (non-hydrogen) atoms. The van der Waals surface area contributed by atoms with Gasteiger partial charge in [-0.15, -0.1) is 0 Å². The number of nitrogens with one attached hydrogen (secondary N) is 2. The molecule has 0 bridgehead atoms. The van der Waals surface area contributed by atoms with E-state index in [1.54, 1.807) is 19.4 Å². The van der Waals surface area contributed by atoms with E-state index in [4.69, 9.17) is 4.74 Å². The van der Waals surface area contributed by atoms with Crippen molar-refractivity contribution in [3.05, 3.63) is 77.6 Å². The van der Waals surface area contributed by atoms with Crippen LogP contribution in [0.4, 0.5) is 11.6 Å². The molecular weight excluding hydrogens is 328 g/mol. The second-order valence-electron chi connectivity index (χ2n) is 5.74. The van der Waals surface area contributed by atoms with Crippen molar-refractivity contribution < 1.29 is 9.53 Å². The summed E-state index contributed by atoms with van der Waals surface area (Å²) in [6.45, 7) is 2.40. The SMILES string of the molecule is COc1ccc(CNC(=O)c2ccnc(Nc3ccccc3C)n2)cc1. The fourth-order valence-corrected chi connectivity index (χ4v) is 2.40. The van der Waals surface area contributed by atoms with E-state index in [-0.39, 0.29) is 5.91 Å². The van der Waals surface area contributed by atoms with Crippen molar-refractivity contribution in [2.75, 3.05) is 12.4 Å². The van der Waals surface area contributed by atoms with Crippen molar-refractivity contribution in [2.45, 2.75) is 13.5 Å². The monoisotopic (exact) mass is 348 g/mol. The third-order valence-electron chi connectivity index (χ3n) is 3.89. The Kier molecular flexibility index (Phi) is 5.43. The molecule has 3 rings (SSSR count). The van der Waals surface area contributed by atoms with E-state index in [1.807, 2.05) is 55.5 Å². The normalized spacial score (nSPS) is 10.2. The summed E-state index contributed by atoms with van der Waals surface area (Å²) < 4.78 is 5.12. The highest BCUT2D eigenvalue weighted by Gasteiger charge is 2.09. The zero-order chi connectivity index (χ0) is 18.4. The minimum absolute atomic E-state index is 0.254. The fraction of sp³-hybridized carbons (Fsp3) is 0.150. The Balaban J connectivity index is 1.65. The van der Waals surface area contributed by atoms with Crippen molar-refractivity contribution >= 4 is 17.5 Å². The number of para-hydroxylation sites is 1. The number of aromatic nitrogens is 2. The van der Waals surface area contributed by atoms with Gasteiger partial charge in [-0.1, -0.05) is 30.3 Å². The number of hydrogen-bond acceptors (Lipinski definition) is 5. The van der Waals surface area contributed by atoms with Gasteiger partial charge in [0.1, 0.15) is 11.4 Å². The first-order valence-corrected chi connectivity index (χ1v) is 8.22. The molecule has 6 nitrogen and oxygen atoms in total. The Morgan fingerprint density at radius 1 is 1.08 bits per heavy atom. The molecule has 1 heterocycles. The number of methoxy groups -OCH3 is 1. The molecule has 2 N–H and O–H groups in total. The van der Waals surface area contributed by atoms with Crippen LogP contribution in [0.15, 0.2) is 60.8 Å². The molecule has 1 aromatic heterocycles. The molecule has 6 heteroatoms. The van der Waals surface area contributed by atoms with Crippen LogP contribution in [0.5, 0.6) is 5.75 Å². The van der Waals surface area contributed by atoms with E-state index < -0.39 is 0 Å². The smallest absolute Gasteiger partial charge is 0.270 e. The first-order chi connectivity index (χ1) is 12.7. The van der Waals surface area contributed by atoms with Gasteiger partial charge < -0.3 is 15.4 Å². The molecule has 1 amide bonds. The van der Waals surface area contributed by atoms with Crippen LogP contribution >= 0.6 is 0 Å². The molecule has 0 saturated heterocycles. The standard InChI is InChI=1S/C20H20N4O2/c1-14-5-3-4-6-17(14)23-20-21-12-11-18(24-20)19(25)22-13-15-7-9-16(26-2)10-8-15/h3-12H,13H2,1-2H3,(H,22,25)(H,21,23,24). The second kappa shape index (κ2) is 8.11. The van der Waals surface area contributed by atoms with Crippen molar-refractivity contribution in [3.8, 4) is 5.75 Å².